The molecule has 0 spiro atoms. The fraction of sp³-hybridized carbons (Fsp3) is 0.304. The highest BCUT2D eigenvalue weighted by molar-refractivity contribution is 7.99. The van der Waals surface area contributed by atoms with Gasteiger partial charge in [-0.05, 0) is 44.0 Å². The number of benzene rings is 2. The topological polar surface area (TPSA) is 113 Å². The zero-order valence-electron chi connectivity index (χ0n) is 19.2. The van der Waals surface area contributed by atoms with Gasteiger partial charge in [0.2, 0.25) is 11.1 Å². The minimum absolute atomic E-state index is 0.107. The second kappa shape index (κ2) is 11.9. The van der Waals surface area contributed by atoms with Gasteiger partial charge < -0.3 is 16.1 Å². The van der Waals surface area contributed by atoms with E-state index in [9.17, 15) is 4.79 Å². The first-order valence-electron chi connectivity index (χ1n) is 10.8. The number of hydrogen-bond acceptors (Lipinski definition) is 8. The van der Waals surface area contributed by atoms with Crippen molar-refractivity contribution >= 4 is 35.5 Å². The molecule has 1 amide bonds. The van der Waals surface area contributed by atoms with Crippen LogP contribution < -0.4 is 21.5 Å². The predicted octanol–water partition coefficient (Wildman–Crippen LogP) is 3.00. The van der Waals surface area contributed by atoms with Crippen LogP contribution in [0.15, 0.2) is 58.8 Å². The standard InChI is InChI=1S/C23H30N8OS/c1-4-30(5-2)20-12-10-19(11-13-20)15-26-27-22-28-29-23(31(22)24)33-16-21(32)25-14-18-8-6-17(3)7-9-18/h6-13,15H,4-5,14,16,24H2,1-3H3,(H,25,32)(H,27,28)/b26-15+. The highest BCUT2D eigenvalue weighted by Gasteiger charge is 2.12. The average molecular weight is 467 g/mol. The summed E-state index contributed by atoms with van der Waals surface area (Å²) in [5, 5.41) is 15.5. The Kier molecular flexibility index (Phi) is 8.71. The molecule has 33 heavy (non-hydrogen) atoms. The third kappa shape index (κ3) is 6.98. The summed E-state index contributed by atoms with van der Waals surface area (Å²) in [7, 11) is 0. The number of carbonyl (C=O) groups is 1. The van der Waals surface area contributed by atoms with E-state index in [-0.39, 0.29) is 17.6 Å². The van der Waals surface area contributed by atoms with E-state index in [1.54, 1.807) is 6.21 Å². The van der Waals surface area contributed by atoms with Crippen LogP contribution in [0, 0.1) is 6.92 Å². The number of aryl methyl sites for hydroxylation is 1. The first-order valence-corrected chi connectivity index (χ1v) is 11.8. The van der Waals surface area contributed by atoms with E-state index in [0.29, 0.717) is 11.7 Å². The van der Waals surface area contributed by atoms with Crippen LogP contribution in [0.4, 0.5) is 11.6 Å². The minimum Gasteiger partial charge on any atom is -0.372 e. The van der Waals surface area contributed by atoms with Gasteiger partial charge in [0.1, 0.15) is 0 Å². The minimum atomic E-state index is -0.107. The van der Waals surface area contributed by atoms with E-state index in [4.69, 9.17) is 5.84 Å². The number of nitrogens with one attached hydrogen (secondary N) is 2. The fourth-order valence-electron chi connectivity index (χ4n) is 3.06. The summed E-state index contributed by atoms with van der Waals surface area (Å²) in [6, 6.07) is 16.2. The Morgan fingerprint density at radius 3 is 2.48 bits per heavy atom. The molecule has 1 aromatic heterocycles. The van der Waals surface area contributed by atoms with Gasteiger partial charge in [-0.3, -0.25) is 4.79 Å². The molecule has 0 unspecified atom stereocenters. The molecular weight excluding hydrogens is 436 g/mol. The number of hydrazone groups is 1. The number of rotatable bonds is 11. The lowest BCUT2D eigenvalue weighted by atomic mass is 10.1. The Bertz CT molecular complexity index is 1060. The molecule has 10 heteroatoms. The summed E-state index contributed by atoms with van der Waals surface area (Å²) in [6.45, 7) is 8.71. The van der Waals surface area contributed by atoms with Crippen molar-refractivity contribution in [3.05, 3.63) is 65.2 Å². The molecule has 0 atom stereocenters. The monoisotopic (exact) mass is 466 g/mol. The summed E-state index contributed by atoms with van der Waals surface area (Å²) in [5.74, 6) is 6.39. The molecule has 0 saturated carbocycles. The Hall–Kier alpha value is -3.53. The van der Waals surface area contributed by atoms with Crippen LogP contribution in [0.2, 0.25) is 0 Å². The van der Waals surface area contributed by atoms with E-state index in [2.05, 4.69) is 56.9 Å². The molecule has 1 heterocycles. The maximum atomic E-state index is 12.1. The summed E-state index contributed by atoms with van der Waals surface area (Å²) in [4.78, 5) is 14.4. The van der Waals surface area contributed by atoms with Gasteiger partial charge in [-0.1, -0.05) is 53.7 Å². The lowest BCUT2D eigenvalue weighted by molar-refractivity contribution is -0.118. The number of hydrogen-bond donors (Lipinski definition) is 3. The zero-order chi connectivity index (χ0) is 23.6. The highest BCUT2D eigenvalue weighted by Crippen LogP contribution is 2.17. The van der Waals surface area contributed by atoms with Crippen molar-refractivity contribution < 1.29 is 4.79 Å². The number of anilines is 2. The largest absolute Gasteiger partial charge is 0.372 e. The van der Waals surface area contributed by atoms with Crippen LogP contribution in [0.25, 0.3) is 0 Å². The Labute approximate surface area is 198 Å². The van der Waals surface area contributed by atoms with Crippen molar-refractivity contribution in [1.82, 2.24) is 20.2 Å². The quantitative estimate of drug-likeness (QED) is 0.172. The van der Waals surface area contributed by atoms with Gasteiger partial charge in [-0.25, -0.2) is 10.1 Å². The molecule has 9 nitrogen and oxygen atoms in total. The first kappa shape index (κ1) is 24.1. The number of amides is 1. The SMILES string of the molecule is CCN(CC)c1ccc(/C=N/Nc2nnc(SCC(=O)NCc3ccc(C)cc3)n2N)cc1. The van der Waals surface area contributed by atoms with Crippen molar-refractivity contribution in [2.75, 3.05) is 35.0 Å². The molecule has 3 aromatic rings. The third-order valence-corrected chi connectivity index (χ3v) is 5.95. The summed E-state index contributed by atoms with van der Waals surface area (Å²) < 4.78 is 1.28. The van der Waals surface area contributed by atoms with E-state index < -0.39 is 0 Å². The number of thioether (sulfide) groups is 1. The van der Waals surface area contributed by atoms with Crippen molar-refractivity contribution in [3.8, 4) is 0 Å². The molecule has 174 valence electrons. The van der Waals surface area contributed by atoms with Gasteiger partial charge in [0, 0.05) is 25.3 Å². The van der Waals surface area contributed by atoms with Crippen molar-refractivity contribution in [2.45, 2.75) is 32.5 Å². The number of carbonyl (C=O) groups excluding carboxylic acids is 1. The molecule has 0 saturated heterocycles. The maximum absolute atomic E-state index is 12.1. The lowest BCUT2D eigenvalue weighted by Gasteiger charge is -2.20. The van der Waals surface area contributed by atoms with Crippen molar-refractivity contribution in [3.63, 3.8) is 0 Å². The van der Waals surface area contributed by atoms with Gasteiger partial charge in [0.05, 0.1) is 12.0 Å². The highest BCUT2D eigenvalue weighted by atomic mass is 32.2. The zero-order valence-corrected chi connectivity index (χ0v) is 20.0. The number of nitrogen functional groups attached to an aromatic ring is 1. The van der Waals surface area contributed by atoms with Crippen LogP contribution in [0.5, 0.6) is 0 Å². The smallest absolute Gasteiger partial charge is 0.264 e. The second-order valence-electron chi connectivity index (χ2n) is 7.36. The van der Waals surface area contributed by atoms with Gasteiger partial charge in [-0.15, -0.1) is 10.2 Å². The number of aromatic nitrogens is 3. The Morgan fingerprint density at radius 2 is 1.82 bits per heavy atom. The maximum Gasteiger partial charge on any atom is 0.264 e. The molecule has 2 aromatic carbocycles. The van der Waals surface area contributed by atoms with Crippen LogP contribution in [0.1, 0.15) is 30.5 Å². The van der Waals surface area contributed by atoms with E-state index >= 15 is 0 Å². The van der Waals surface area contributed by atoms with Crippen LogP contribution >= 0.6 is 11.8 Å². The summed E-state index contributed by atoms with van der Waals surface area (Å²) in [6.07, 6.45) is 1.69. The van der Waals surface area contributed by atoms with Crippen molar-refractivity contribution in [2.24, 2.45) is 5.10 Å². The summed E-state index contributed by atoms with van der Waals surface area (Å²) in [5.41, 5.74) is 7.15. The molecule has 4 N–H and O–H groups in total. The van der Waals surface area contributed by atoms with Crippen LogP contribution in [-0.2, 0) is 11.3 Å². The van der Waals surface area contributed by atoms with Gasteiger partial charge in [0.15, 0.2) is 0 Å². The van der Waals surface area contributed by atoms with E-state index in [1.165, 1.54) is 27.7 Å². The van der Waals surface area contributed by atoms with E-state index in [1.807, 2.05) is 43.3 Å². The lowest BCUT2D eigenvalue weighted by Crippen LogP contribution is -2.25. The normalized spacial score (nSPS) is 11.0. The molecule has 0 fully saturated rings. The average Bonchev–Trinajstić information content (AvgIpc) is 3.18. The molecule has 3 rings (SSSR count). The Morgan fingerprint density at radius 1 is 1.12 bits per heavy atom. The predicted molar refractivity (Wildman–Crippen MR) is 135 cm³/mol. The van der Waals surface area contributed by atoms with Crippen LogP contribution in [-0.4, -0.2) is 45.8 Å². The van der Waals surface area contributed by atoms with Crippen LogP contribution in [0.3, 0.4) is 0 Å². The van der Waals surface area contributed by atoms with Gasteiger partial charge in [0.25, 0.3) is 5.95 Å². The molecular formula is C23H30N8OS. The second-order valence-corrected chi connectivity index (χ2v) is 8.30. The first-order chi connectivity index (χ1) is 16.0. The Balaban J connectivity index is 1.47. The molecule has 0 aliphatic rings. The van der Waals surface area contributed by atoms with E-state index in [0.717, 1.165) is 24.2 Å². The number of nitrogens with two attached hydrogens (primary N) is 1. The van der Waals surface area contributed by atoms with Gasteiger partial charge >= 0.3 is 0 Å². The fourth-order valence-corrected chi connectivity index (χ4v) is 3.75. The summed E-state index contributed by atoms with van der Waals surface area (Å²) >= 11 is 1.21. The number of nitrogens with zero attached hydrogens (tertiary/aromatic N) is 5. The molecule has 0 aliphatic heterocycles. The van der Waals surface area contributed by atoms with Crippen molar-refractivity contribution in [1.29, 1.82) is 0 Å². The molecule has 0 bridgehead atoms. The molecule has 0 radical (unpaired) electrons. The third-order valence-electron chi connectivity index (χ3n) is 5.01. The van der Waals surface area contributed by atoms with Gasteiger partial charge in [-0.2, -0.15) is 5.10 Å². The molecule has 0 aliphatic carbocycles.